The van der Waals surface area contributed by atoms with Crippen LogP contribution in [0.5, 0.6) is 11.5 Å². The minimum Gasteiger partial charge on any atom is -0.494 e. The van der Waals surface area contributed by atoms with E-state index in [0.717, 1.165) is 12.0 Å². The molecule has 240 valence electrons. The number of carbonyl (C=O) groups is 1. The molecular weight excluding hydrogens is 599 g/mol. The molecule has 1 aliphatic heterocycles. The molecule has 1 heterocycles. The lowest BCUT2D eigenvalue weighted by Crippen LogP contribution is -2.48. The molecule has 0 radical (unpaired) electrons. The van der Waals surface area contributed by atoms with E-state index in [-0.39, 0.29) is 30.2 Å². The minimum atomic E-state index is -4.80. The first-order chi connectivity index (χ1) is 20.9. The van der Waals surface area contributed by atoms with Gasteiger partial charge in [0, 0.05) is 31.3 Å². The van der Waals surface area contributed by atoms with Gasteiger partial charge in [0.05, 0.1) is 30.2 Å². The molecule has 1 aliphatic rings. The highest BCUT2D eigenvalue weighted by Gasteiger charge is 2.31. The third kappa shape index (κ3) is 9.76. The van der Waals surface area contributed by atoms with Gasteiger partial charge in [-0.05, 0) is 61.6 Å². The van der Waals surface area contributed by atoms with Crippen molar-refractivity contribution in [1.29, 1.82) is 0 Å². The van der Waals surface area contributed by atoms with E-state index in [1.54, 1.807) is 31.2 Å². The molecule has 13 heteroatoms. The normalized spacial score (nSPS) is 16.9. The molecule has 0 aromatic heterocycles. The number of nitrogens with one attached hydrogen (secondary N) is 2. The van der Waals surface area contributed by atoms with Crippen LogP contribution in [0.25, 0.3) is 0 Å². The highest BCUT2D eigenvalue weighted by molar-refractivity contribution is 8.25. The fourth-order valence-corrected chi connectivity index (χ4v) is 6.65. The second-order valence-electron chi connectivity index (χ2n) is 10.5. The molecule has 0 unspecified atom stereocenters. The summed E-state index contributed by atoms with van der Waals surface area (Å²) in [6.07, 6.45) is -4.11. The Bertz CT molecular complexity index is 1380. The first-order valence-corrected chi connectivity index (χ1v) is 16.0. The van der Waals surface area contributed by atoms with Gasteiger partial charge in [-0.15, -0.1) is 23.9 Å². The van der Waals surface area contributed by atoms with E-state index < -0.39 is 35.2 Å². The maximum absolute atomic E-state index is 13.6. The summed E-state index contributed by atoms with van der Waals surface area (Å²) >= 11 is 0. The van der Waals surface area contributed by atoms with Crippen molar-refractivity contribution >= 4 is 22.4 Å². The van der Waals surface area contributed by atoms with Gasteiger partial charge in [0.2, 0.25) is 0 Å². The Morgan fingerprint density at radius 3 is 2.45 bits per heavy atom. The van der Waals surface area contributed by atoms with Gasteiger partial charge in [-0.1, -0.05) is 42.5 Å². The number of aliphatic hydroxyl groups excluding tert-OH is 1. The van der Waals surface area contributed by atoms with E-state index in [2.05, 4.69) is 15.4 Å². The molecule has 0 aliphatic carbocycles. The molecule has 5 N–H and O–H groups in total. The van der Waals surface area contributed by atoms with Gasteiger partial charge in [0.25, 0.3) is 5.91 Å². The third-order valence-electron chi connectivity index (χ3n) is 7.03. The Labute approximate surface area is 256 Å². The molecule has 44 heavy (non-hydrogen) atoms. The van der Waals surface area contributed by atoms with Crippen LogP contribution in [0.2, 0.25) is 0 Å². The van der Waals surface area contributed by atoms with Gasteiger partial charge in [0.15, 0.2) is 0 Å². The average Bonchev–Trinajstić information content (AvgIpc) is 2.96. The summed E-state index contributed by atoms with van der Waals surface area (Å²) in [6.45, 7) is 2.75. The quantitative estimate of drug-likeness (QED) is 0.161. The summed E-state index contributed by atoms with van der Waals surface area (Å²) in [5.41, 5.74) is 2.08. The zero-order chi connectivity index (χ0) is 31.7. The Hall–Kier alpha value is -3.49. The predicted octanol–water partition coefficient (Wildman–Crippen LogP) is 5.74. The van der Waals surface area contributed by atoms with Crippen molar-refractivity contribution in [1.82, 2.24) is 10.6 Å². The van der Waals surface area contributed by atoms with Crippen LogP contribution in [0.3, 0.4) is 0 Å². The van der Waals surface area contributed by atoms with E-state index in [4.69, 9.17) is 4.74 Å². The van der Waals surface area contributed by atoms with Crippen molar-refractivity contribution in [3.05, 3.63) is 89.5 Å². The summed E-state index contributed by atoms with van der Waals surface area (Å²) in [7, 11) is -3.04. The average molecular weight is 638 g/mol. The number of hydrogen-bond acceptors (Lipinski definition) is 8. The maximum Gasteiger partial charge on any atom is 0.573 e. The number of benzene rings is 3. The smallest absolute Gasteiger partial charge is 0.494 e. The molecule has 2 atom stereocenters. The van der Waals surface area contributed by atoms with Crippen molar-refractivity contribution in [3.8, 4) is 11.5 Å². The summed E-state index contributed by atoms with van der Waals surface area (Å²) in [4.78, 5) is 13.6. The van der Waals surface area contributed by atoms with Crippen LogP contribution in [0.1, 0.15) is 41.3 Å². The SMILES string of the molecule is CCOc1cc(C(=O)N[C@@H](Cc2ccccc2)[C@H](O)CNCc2cccc(OC(F)(F)F)c2)cc(N2CCCCS2(O)O)c1. The van der Waals surface area contributed by atoms with Crippen molar-refractivity contribution in [2.75, 3.05) is 29.8 Å². The van der Waals surface area contributed by atoms with Crippen LogP contribution < -0.4 is 24.4 Å². The fraction of sp³-hybridized carbons (Fsp3) is 0.387. The number of alkyl halides is 3. The number of rotatable bonds is 13. The largest absolute Gasteiger partial charge is 0.573 e. The highest BCUT2D eigenvalue weighted by atomic mass is 32.3. The van der Waals surface area contributed by atoms with Crippen LogP contribution in [0.4, 0.5) is 18.9 Å². The van der Waals surface area contributed by atoms with E-state index in [1.807, 2.05) is 30.3 Å². The molecule has 9 nitrogen and oxygen atoms in total. The third-order valence-corrected chi connectivity index (χ3v) is 8.96. The number of halogens is 3. The predicted molar refractivity (Wildman–Crippen MR) is 164 cm³/mol. The summed E-state index contributed by atoms with van der Waals surface area (Å²) < 4.78 is 70.3. The number of aliphatic hydroxyl groups is 1. The van der Waals surface area contributed by atoms with E-state index in [9.17, 15) is 32.2 Å². The van der Waals surface area contributed by atoms with Crippen molar-refractivity contribution in [3.63, 3.8) is 0 Å². The monoisotopic (exact) mass is 637 g/mol. The molecule has 0 bridgehead atoms. The molecule has 4 rings (SSSR count). The molecule has 0 spiro atoms. The molecular formula is C31H38F3N3O6S. The number of carbonyl (C=O) groups excluding carboxylic acids is 1. The minimum absolute atomic E-state index is 0.0288. The lowest BCUT2D eigenvalue weighted by molar-refractivity contribution is -0.274. The second kappa shape index (κ2) is 15.0. The molecule has 1 amide bonds. The van der Waals surface area contributed by atoms with Crippen LogP contribution in [-0.2, 0) is 13.0 Å². The van der Waals surface area contributed by atoms with Crippen molar-refractivity contribution in [2.45, 2.75) is 51.2 Å². The number of nitrogens with zero attached hydrogens (tertiary/aromatic N) is 1. The lowest BCUT2D eigenvalue weighted by Gasteiger charge is -2.47. The summed E-state index contributed by atoms with van der Waals surface area (Å²) in [5, 5.41) is 17.1. The first-order valence-electron chi connectivity index (χ1n) is 14.3. The topological polar surface area (TPSA) is 124 Å². The molecule has 3 aromatic carbocycles. The Morgan fingerprint density at radius 2 is 1.75 bits per heavy atom. The molecule has 3 aromatic rings. The van der Waals surface area contributed by atoms with E-state index in [1.165, 1.54) is 22.5 Å². The second-order valence-corrected chi connectivity index (χ2v) is 12.6. The first kappa shape index (κ1) is 33.4. The molecule has 0 saturated carbocycles. The van der Waals surface area contributed by atoms with Gasteiger partial charge < -0.3 is 25.2 Å². The van der Waals surface area contributed by atoms with Crippen LogP contribution in [0.15, 0.2) is 72.8 Å². The number of hydrogen-bond donors (Lipinski definition) is 5. The zero-order valence-electron chi connectivity index (χ0n) is 24.3. The van der Waals surface area contributed by atoms with Crippen molar-refractivity contribution in [2.24, 2.45) is 0 Å². The lowest BCUT2D eigenvalue weighted by atomic mass is 10.00. The van der Waals surface area contributed by atoms with Gasteiger partial charge in [-0.2, -0.15) is 0 Å². The zero-order valence-corrected chi connectivity index (χ0v) is 25.1. The van der Waals surface area contributed by atoms with Gasteiger partial charge in [0.1, 0.15) is 11.5 Å². The Balaban J connectivity index is 1.50. The van der Waals surface area contributed by atoms with E-state index >= 15 is 0 Å². The Morgan fingerprint density at radius 1 is 1.00 bits per heavy atom. The van der Waals surface area contributed by atoms with Gasteiger partial charge in [-0.25, -0.2) is 0 Å². The maximum atomic E-state index is 13.6. The van der Waals surface area contributed by atoms with Gasteiger partial charge >= 0.3 is 6.36 Å². The molecule has 1 fully saturated rings. The highest BCUT2D eigenvalue weighted by Crippen LogP contribution is 2.50. The van der Waals surface area contributed by atoms with Crippen molar-refractivity contribution < 1.29 is 41.7 Å². The van der Waals surface area contributed by atoms with Gasteiger partial charge in [-0.3, -0.25) is 18.2 Å². The van der Waals surface area contributed by atoms with Crippen LogP contribution in [0, 0.1) is 0 Å². The Kier molecular flexibility index (Phi) is 11.4. The van der Waals surface area contributed by atoms with E-state index in [0.29, 0.717) is 43.0 Å². The molecule has 1 saturated heterocycles. The summed E-state index contributed by atoms with van der Waals surface area (Å²) in [5.74, 6) is -0.190. The summed E-state index contributed by atoms with van der Waals surface area (Å²) in [6, 6.07) is 18.9. The van der Waals surface area contributed by atoms with Crippen LogP contribution in [-0.4, -0.2) is 64.1 Å². The number of ether oxygens (including phenoxy) is 2. The number of anilines is 1. The fourth-order valence-electron chi connectivity index (χ4n) is 4.98. The number of amides is 1. The standard InChI is InChI=1S/C31H38F3N3O6S/c1-2-42-27-18-24(17-25(19-27)37-13-6-7-14-44(37,40)41)30(39)36-28(16-22-9-4-3-5-10-22)29(38)21-35-20-23-11-8-12-26(15-23)43-31(32,33)34/h3-5,8-12,15,17-19,28-29,35,38,40-41H,2,6-7,13-14,16,20-21H2,1H3,(H,36,39)/t28-,29+/m0/s1. The van der Waals surface area contributed by atoms with Crippen LogP contribution >= 0.6 is 10.8 Å².